The van der Waals surface area contributed by atoms with E-state index in [4.69, 9.17) is 20.5 Å². The van der Waals surface area contributed by atoms with Crippen LogP contribution in [0.5, 0.6) is 0 Å². The van der Waals surface area contributed by atoms with Crippen LogP contribution in [0.3, 0.4) is 0 Å². The largest absolute Gasteiger partial charge is 0.455 e. The predicted octanol–water partition coefficient (Wildman–Crippen LogP) is 4.82. The van der Waals surface area contributed by atoms with E-state index in [1.165, 1.54) is 42.5 Å². The monoisotopic (exact) mass is 424 g/mol. The Balaban J connectivity index is 1.56. The Labute approximate surface area is 162 Å². The lowest BCUT2D eigenvalue weighted by Crippen LogP contribution is -2.01. The van der Waals surface area contributed by atoms with Gasteiger partial charge in [-0.25, -0.2) is 12.8 Å². The molecule has 1 aromatic carbocycles. The third kappa shape index (κ3) is 3.80. The van der Waals surface area contributed by atoms with E-state index in [1.54, 1.807) is 6.07 Å². The maximum atomic E-state index is 13.3. The topological polar surface area (TPSA) is 86.2 Å². The number of sulfone groups is 1. The number of aromatic nitrogens is 2. The van der Waals surface area contributed by atoms with Crippen molar-refractivity contribution < 1.29 is 21.7 Å². The minimum absolute atomic E-state index is 0.0667. The average Bonchev–Trinajstić information content (AvgIpc) is 3.34. The second kappa shape index (κ2) is 6.91. The lowest BCUT2D eigenvalue weighted by molar-refractivity contribution is 0.413. The highest BCUT2D eigenvalue weighted by Crippen LogP contribution is 2.30. The quantitative estimate of drug-likeness (QED) is 0.456. The zero-order valence-corrected chi connectivity index (χ0v) is 15.8. The maximum Gasteiger partial charge on any atom is 0.293 e. The maximum absolute atomic E-state index is 13.3. The molecule has 0 saturated heterocycles. The summed E-state index contributed by atoms with van der Waals surface area (Å²) in [5, 5.41) is 3.79. The van der Waals surface area contributed by atoms with Crippen LogP contribution in [-0.4, -0.2) is 18.6 Å². The van der Waals surface area contributed by atoms with Gasteiger partial charge in [0.2, 0.25) is 5.82 Å². The smallest absolute Gasteiger partial charge is 0.293 e. The van der Waals surface area contributed by atoms with E-state index in [0.29, 0.717) is 9.90 Å². The van der Waals surface area contributed by atoms with E-state index in [1.807, 2.05) is 0 Å². The van der Waals surface area contributed by atoms with Gasteiger partial charge in [0, 0.05) is 5.56 Å². The average molecular weight is 425 g/mol. The van der Waals surface area contributed by atoms with E-state index in [0.717, 1.165) is 11.3 Å². The van der Waals surface area contributed by atoms with Crippen LogP contribution in [0.2, 0.25) is 4.34 Å². The Kier molecular flexibility index (Phi) is 4.58. The first-order valence-electron chi connectivity index (χ1n) is 7.57. The lowest BCUT2D eigenvalue weighted by Gasteiger charge is -1.98. The minimum atomic E-state index is -3.57. The Morgan fingerprint density at radius 2 is 2.00 bits per heavy atom. The van der Waals surface area contributed by atoms with Gasteiger partial charge in [-0.1, -0.05) is 28.9 Å². The summed E-state index contributed by atoms with van der Waals surface area (Å²) >= 11 is 6.78. The normalized spacial score (nSPS) is 11.8. The second-order valence-electron chi connectivity index (χ2n) is 5.52. The molecule has 3 heterocycles. The van der Waals surface area contributed by atoms with Gasteiger partial charge < -0.3 is 8.94 Å². The van der Waals surface area contributed by atoms with E-state index in [-0.39, 0.29) is 33.2 Å². The molecule has 0 N–H and O–H groups in total. The molecular weight excluding hydrogens is 415 g/mol. The fourth-order valence-corrected chi connectivity index (χ4v) is 5.18. The fraction of sp³-hybridized carbons (Fsp3) is 0.0588. The van der Waals surface area contributed by atoms with Gasteiger partial charge in [0.25, 0.3) is 5.89 Å². The molecule has 6 nitrogen and oxygen atoms in total. The SMILES string of the molecule is O=S(=O)(Cc1ccc(-c2nc(-c3cccc(F)c3)no2)o1)c1ccc(Cl)s1. The summed E-state index contributed by atoms with van der Waals surface area (Å²) in [7, 11) is -3.57. The van der Waals surface area contributed by atoms with Crippen molar-refractivity contribution >= 4 is 32.8 Å². The molecule has 0 aliphatic rings. The molecule has 27 heavy (non-hydrogen) atoms. The third-order valence-corrected chi connectivity index (χ3v) is 7.02. The van der Waals surface area contributed by atoms with Crippen LogP contribution in [0.4, 0.5) is 4.39 Å². The van der Waals surface area contributed by atoms with E-state index in [2.05, 4.69) is 10.1 Å². The number of hydrogen-bond donors (Lipinski definition) is 0. The van der Waals surface area contributed by atoms with Gasteiger partial charge in [0.05, 0.1) is 4.34 Å². The first-order valence-corrected chi connectivity index (χ1v) is 10.4. The van der Waals surface area contributed by atoms with Gasteiger partial charge in [-0.15, -0.1) is 11.3 Å². The van der Waals surface area contributed by atoms with Gasteiger partial charge in [-0.2, -0.15) is 4.98 Å². The zero-order chi connectivity index (χ0) is 19.0. The molecule has 3 aromatic heterocycles. The van der Waals surface area contributed by atoms with Crippen molar-refractivity contribution in [3.05, 3.63) is 64.4 Å². The molecule has 0 aliphatic carbocycles. The predicted molar refractivity (Wildman–Crippen MR) is 97.6 cm³/mol. The Morgan fingerprint density at radius 3 is 2.74 bits per heavy atom. The molecule has 10 heteroatoms. The van der Waals surface area contributed by atoms with Gasteiger partial charge >= 0.3 is 0 Å². The molecule has 4 rings (SSSR count). The summed E-state index contributed by atoms with van der Waals surface area (Å²) in [6, 6.07) is 11.8. The van der Waals surface area contributed by atoms with Gasteiger partial charge in [0.1, 0.15) is 21.5 Å². The number of nitrogens with zero attached hydrogens (tertiary/aromatic N) is 2. The zero-order valence-electron chi connectivity index (χ0n) is 13.4. The van der Waals surface area contributed by atoms with Crippen LogP contribution in [0.1, 0.15) is 5.76 Å². The van der Waals surface area contributed by atoms with Gasteiger partial charge in [-0.05, 0) is 36.4 Å². The fourth-order valence-electron chi connectivity index (χ4n) is 2.36. The van der Waals surface area contributed by atoms with Gasteiger partial charge in [0.15, 0.2) is 15.6 Å². The Morgan fingerprint density at radius 1 is 1.15 bits per heavy atom. The van der Waals surface area contributed by atoms with E-state index < -0.39 is 15.7 Å². The van der Waals surface area contributed by atoms with Crippen molar-refractivity contribution in [2.75, 3.05) is 0 Å². The number of thiophene rings is 1. The molecular formula is C17H10ClFN2O4S2. The first-order chi connectivity index (χ1) is 12.9. The summed E-state index contributed by atoms with van der Waals surface area (Å²) in [5.74, 6) is -0.0349. The first kappa shape index (κ1) is 17.9. The number of furan rings is 1. The van der Waals surface area contributed by atoms with Crippen LogP contribution >= 0.6 is 22.9 Å². The Bertz CT molecular complexity index is 1210. The molecule has 0 aliphatic heterocycles. The molecule has 0 unspecified atom stereocenters. The van der Waals surface area contributed by atoms with Crippen molar-refractivity contribution in [3.8, 4) is 23.0 Å². The molecule has 0 fully saturated rings. The molecule has 0 spiro atoms. The number of benzene rings is 1. The molecule has 0 saturated carbocycles. The molecule has 0 radical (unpaired) electrons. The van der Waals surface area contributed by atoms with Crippen LogP contribution < -0.4 is 0 Å². The van der Waals surface area contributed by atoms with Crippen molar-refractivity contribution in [3.63, 3.8) is 0 Å². The Hall–Kier alpha value is -2.49. The second-order valence-corrected chi connectivity index (χ2v) is 9.45. The summed E-state index contributed by atoms with van der Waals surface area (Å²) in [4.78, 5) is 4.16. The molecule has 0 atom stereocenters. The molecule has 0 amide bonds. The van der Waals surface area contributed by atoms with Gasteiger partial charge in [-0.3, -0.25) is 0 Å². The summed E-state index contributed by atoms with van der Waals surface area (Å²) in [6.07, 6.45) is 0. The highest BCUT2D eigenvalue weighted by Gasteiger charge is 2.21. The molecule has 138 valence electrons. The molecule has 4 aromatic rings. The van der Waals surface area contributed by atoms with Crippen LogP contribution in [-0.2, 0) is 15.6 Å². The molecule has 0 bridgehead atoms. The summed E-state index contributed by atoms with van der Waals surface area (Å²) < 4.78 is 49.3. The summed E-state index contributed by atoms with van der Waals surface area (Å²) in [5.41, 5.74) is 0.453. The van der Waals surface area contributed by atoms with Crippen molar-refractivity contribution in [1.29, 1.82) is 0 Å². The van der Waals surface area contributed by atoms with Crippen molar-refractivity contribution in [2.45, 2.75) is 9.96 Å². The van der Waals surface area contributed by atoms with Crippen molar-refractivity contribution in [1.82, 2.24) is 10.1 Å². The number of halogens is 2. The summed E-state index contributed by atoms with van der Waals surface area (Å²) in [6.45, 7) is 0. The lowest BCUT2D eigenvalue weighted by atomic mass is 10.2. The van der Waals surface area contributed by atoms with Crippen LogP contribution in [0.25, 0.3) is 23.0 Å². The standard InChI is InChI=1S/C17H10ClFN2O4S2/c18-14-6-7-15(26-14)27(22,23)9-12-4-5-13(24-12)17-20-16(21-25-17)10-2-1-3-11(19)8-10/h1-8H,9H2. The van der Waals surface area contributed by atoms with E-state index in [9.17, 15) is 12.8 Å². The highest BCUT2D eigenvalue weighted by molar-refractivity contribution is 7.92. The van der Waals surface area contributed by atoms with Crippen LogP contribution in [0.15, 0.2) is 61.7 Å². The number of hydrogen-bond acceptors (Lipinski definition) is 7. The van der Waals surface area contributed by atoms with E-state index >= 15 is 0 Å². The third-order valence-electron chi connectivity index (χ3n) is 3.57. The number of rotatable bonds is 5. The van der Waals surface area contributed by atoms with Crippen molar-refractivity contribution in [2.24, 2.45) is 0 Å². The minimum Gasteiger partial charge on any atom is -0.455 e. The highest BCUT2D eigenvalue weighted by atomic mass is 35.5. The van der Waals surface area contributed by atoms with Crippen LogP contribution in [0, 0.1) is 5.82 Å².